The third-order valence-electron chi connectivity index (χ3n) is 6.39. The number of nitrogens with zero attached hydrogens (tertiary/aromatic N) is 2. The Morgan fingerprint density at radius 3 is 2.60 bits per heavy atom. The van der Waals surface area contributed by atoms with E-state index in [1.54, 1.807) is 36.4 Å². The van der Waals surface area contributed by atoms with Crippen molar-refractivity contribution in [1.29, 1.82) is 5.26 Å². The predicted octanol–water partition coefficient (Wildman–Crippen LogP) is 4.47. The number of aliphatic hydroxyl groups is 1. The number of aromatic amines is 1. The van der Waals surface area contributed by atoms with Gasteiger partial charge in [0.05, 0.1) is 29.4 Å². The molecule has 9 heteroatoms. The van der Waals surface area contributed by atoms with Crippen molar-refractivity contribution in [3.63, 3.8) is 0 Å². The summed E-state index contributed by atoms with van der Waals surface area (Å²) in [7, 11) is 0. The van der Waals surface area contributed by atoms with E-state index in [1.165, 1.54) is 6.07 Å². The molecule has 2 saturated heterocycles. The molecular weight excluding hydrogens is 473 g/mol. The maximum atomic E-state index is 14.2. The van der Waals surface area contributed by atoms with Crippen molar-refractivity contribution in [3.05, 3.63) is 71.0 Å². The summed E-state index contributed by atoms with van der Waals surface area (Å²) in [5.41, 5.74) is 3.67. The molecule has 0 amide bonds. The molecule has 7 nitrogen and oxygen atoms in total. The fraction of sp³-hybridized carbons (Fsp3) is 0.231. The molecule has 4 atom stereocenters. The topological polar surface area (TPSA) is 100 Å². The number of H-pyrrole nitrogens is 1. The van der Waals surface area contributed by atoms with E-state index in [-0.39, 0.29) is 30.5 Å². The number of fused-ring (bicyclic) bond motifs is 2. The van der Waals surface area contributed by atoms with Crippen LogP contribution in [-0.2, 0) is 9.47 Å². The summed E-state index contributed by atoms with van der Waals surface area (Å²) >= 11 is 6.55. The standard InChI is InChI=1S/C26H19ClFN3O4/c27-17-9-19-23(16(10-29)26(30-19)35-21-12-34-24-20(32)11-33-25(21)24)31-22(17)14-7-5-13(6-8-14)15-3-1-2-4-18(15)28/h1-9,20-21,24-25,30,32H,11-12H2/t20-,21-,24-,25-/m1/s1. The molecule has 2 fully saturated rings. The minimum atomic E-state index is -0.695. The highest BCUT2D eigenvalue weighted by Crippen LogP contribution is 2.36. The van der Waals surface area contributed by atoms with Crippen LogP contribution in [0.1, 0.15) is 5.56 Å². The Labute approximate surface area is 204 Å². The number of nitrogens with one attached hydrogen (secondary N) is 1. The predicted molar refractivity (Wildman–Crippen MR) is 127 cm³/mol. The summed E-state index contributed by atoms with van der Waals surface area (Å²) in [6, 6.07) is 17.7. The lowest BCUT2D eigenvalue weighted by Crippen LogP contribution is -2.34. The number of hydrogen-bond donors (Lipinski definition) is 2. The third-order valence-corrected chi connectivity index (χ3v) is 6.68. The fourth-order valence-electron chi connectivity index (χ4n) is 4.66. The SMILES string of the molecule is N#Cc1c(O[C@@H]2CO[C@H]3[C@@H]2OC[C@H]3O)[nH]c2cc(Cl)c(-c3ccc(-c4ccccc4F)cc3)nc12. The molecule has 6 rings (SSSR count). The average molecular weight is 492 g/mol. The Morgan fingerprint density at radius 1 is 1.09 bits per heavy atom. The van der Waals surface area contributed by atoms with Gasteiger partial charge in [0.2, 0.25) is 5.88 Å². The largest absolute Gasteiger partial charge is 0.469 e. The van der Waals surface area contributed by atoms with Gasteiger partial charge in [0.1, 0.15) is 41.3 Å². The van der Waals surface area contributed by atoms with Crippen LogP contribution in [0.2, 0.25) is 5.02 Å². The minimum absolute atomic E-state index is 0.184. The van der Waals surface area contributed by atoms with E-state index in [0.29, 0.717) is 27.3 Å². The lowest BCUT2D eigenvalue weighted by molar-refractivity contribution is 0.00789. The molecule has 4 heterocycles. The van der Waals surface area contributed by atoms with Crippen molar-refractivity contribution in [3.8, 4) is 34.3 Å². The van der Waals surface area contributed by atoms with E-state index >= 15 is 0 Å². The van der Waals surface area contributed by atoms with Crippen LogP contribution >= 0.6 is 11.6 Å². The van der Waals surface area contributed by atoms with Crippen LogP contribution in [0, 0.1) is 17.1 Å². The van der Waals surface area contributed by atoms with Crippen LogP contribution in [0.15, 0.2) is 54.6 Å². The smallest absolute Gasteiger partial charge is 0.212 e. The number of benzene rings is 2. The van der Waals surface area contributed by atoms with E-state index in [0.717, 1.165) is 11.1 Å². The summed E-state index contributed by atoms with van der Waals surface area (Å²) in [4.78, 5) is 7.75. The van der Waals surface area contributed by atoms with Gasteiger partial charge in [-0.1, -0.05) is 54.1 Å². The van der Waals surface area contributed by atoms with Crippen LogP contribution in [0.4, 0.5) is 4.39 Å². The van der Waals surface area contributed by atoms with Gasteiger partial charge in [-0.25, -0.2) is 9.37 Å². The van der Waals surface area contributed by atoms with E-state index < -0.39 is 24.4 Å². The molecule has 4 aromatic rings. The van der Waals surface area contributed by atoms with E-state index in [2.05, 4.69) is 16.0 Å². The molecule has 0 spiro atoms. The summed E-state index contributed by atoms with van der Waals surface area (Å²) in [5, 5.41) is 20.2. The Bertz CT molecular complexity index is 1470. The van der Waals surface area contributed by atoms with Gasteiger partial charge in [-0.05, 0) is 17.7 Å². The Morgan fingerprint density at radius 2 is 1.83 bits per heavy atom. The lowest BCUT2D eigenvalue weighted by atomic mass is 10.0. The van der Waals surface area contributed by atoms with E-state index in [1.807, 2.05) is 12.1 Å². The minimum Gasteiger partial charge on any atom is -0.469 e. The van der Waals surface area contributed by atoms with Gasteiger partial charge in [-0.2, -0.15) is 5.26 Å². The summed E-state index contributed by atoms with van der Waals surface area (Å²) in [6.45, 7) is 0.420. The number of nitriles is 1. The van der Waals surface area contributed by atoms with Gasteiger partial charge in [0, 0.05) is 11.1 Å². The average Bonchev–Trinajstić information content (AvgIpc) is 3.54. The molecule has 2 N–H and O–H groups in total. The first kappa shape index (κ1) is 22.0. The van der Waals surface area contributed by atoms with Gasteiger partial charge in [0.25, 0.3) is 0 Å². The number of aliphatic hydroxyl groups excluding tert-OH is 1. The van der Waals surface area contributed by atoms with Crippen LogP contribution in [-0.4, -0.2) is 52.7 Å². The molecule has 0 unspecified atom stereocenters. The molecule has 0 radical (unpaired) electrons. The van der Waals surface area contributed by atoms with Gasteiger partial charge in [0.15, 0.2) is 6.10 Å². The molecule has 2 aromatic carbocycles. The van der Waals surface area contributed by atoms with Gasteiger partial charge >= 0.3 is 0 Å². The second-order valence-electron chi connectivity index (χ2n) is 8.53. The van der Waals surface area contributed by atoms with E-state index in [4.69, 9.17) is 25.8 Å². The third kappa shape index (κ3) is 3.74. The first-order valence-corrected chi connectivity index (χ1v) is 11.5. The van der Waals surface area contributed by atoms with Crippen molar-refractivity contribution in [2.45, 2.75) is 24.4 Å². The molecule has 0 aliphatic carbocycles. The molecule has 0 bridgehead atoms. The number of rotatable bonds is 4. The first-order chi connectivity index (χ1) is 17.0. The lowest BCUT2D eigenvalue weighted by Gasteiger charge is -2.16. The highest BCUT2D eigenvalue weighted by atomic mass is 35.5. The number of pyridine rings is 1. The van der Waals surface area contributed by atoms with Gasteiger partial charge in [-0.15, -0.1) is 0 Å². The number of ether oxygens (including phenoxy) is 3. The van der Waals surface area contributed by atoms with Crippen molar-refractivity contribution < 1.29 is 23.7 Å². The fourth-order valence-corrected chi connectivity index (χ4v) is 4.92. The van der Waals surface area contributed by atoms with Crippen LogP contribution in [0.25, 0.3) is 33.4 Å². The summed E-state index contributed by atoms with van der Waals surface area (Å²) < 4.78 is 31.4. The monoisotopic (exact) mass is 491 g/mol. The number of aromatic nitrogens is 2. The Balaban J connectivity index is 1.33. The second kappa shape index (κ2) is 8.63. The maximum absolute atomic E-state index is 14.2. The summed E-state index contributed by atoms with van der Waals surface area (Å²) in [6.07, 6.45) is -2.03. The zero-order chi connectivity index (χ0) is 24.1. The number of halogens is 2. The Hall–Kier alpha value is -3.48. The summed E-state index contributed by atoms with van der Waals surface area (Å²) in [5.74, 6) is -0.0507. The van der Waals surface area contributed by atoms with Crippen LogP contribution < -0.4 is 4.74 Å². The van der Waals surface area contributed by atoms with Crippen LogP contribution in [0.3, 0.4) is 0 Å². The second-order valence-corrected chi connectivity index (χ2v) is 8.94. The zero-order valence-electron chi connectivity index (χ0n) is 18.2. The highest BCUT2D eigenvalue weighted by molar-refractivity contribution is 6.33. The van der Waals surface area contributed by atoms with Crippen molar-refractivity contribution >= 4 is 22.6 Å². The highest BCUT2D eigenvalue weighted by Gasteiger charge is 2.48. The van der Waals surface area contributed by atoms with Crippen LogP contribution in [0.5, 0.6) is 5.88 Å². The van der Waals surface area contributed by atoms with E-state index in [9.17, 15) is 14.8 Å². The Kier molecular flexibility index (Phi) is 5.43. The molecule has 2 aliphatic rings. The molecule has 0 saturated carbocycles. The molecule has 176 valence electrons. The maximum Gasteiger partial charge on any atom is 0.212 e. The normalized spacial score (nSPS) is 23.4. The van der Waals surface area contributed by atoms with Crippen molar-refractivity contribution in [1.82, 2.24) is 9.97 Å². The molecular formula is C26H19ClFN3O4. The van der Waals surface area contributed by atoms with Gasteiger partial charge < -0.3 is 24.3 Å². The van der Waals surface area contributed by atoms with Crippen molar-refractivity contribution in [2.24, 2.45) is 0 Å². The first-order valence-electron chi connectivity index (χ1n) is 11.1. The van der Waals surface area contributed by atoms with Gasteiger partial charge in [-0.3, -0.25) is 0 Å². The van der Waals surface area contributed by atoms with Crippen molar-refractivity contribution in [2.75, 3.05) is 13.2 Å². The molecule has 2 aromatic heterocycles. The molecule has 35 heavy (non-hydrogen) atoms. The quantitative estimate of drug-likeness (QED) is 0.437. The number of hydrogen-bond acceptors (Lipinski definition) is 6. The molecule has 2 aliphatic heterocycles. The zero-order valence-corrected chi connectivity index (χ0v) is 19.0.